The highest BCUT2D eigenvalue weighted by atomic mass is 32.1. The van der Waals surface area contributed by atoms with Crippen molar-refractivity contribution in [2.75, 3.05) is 24.6 Å². The number of hydrogen-bond acceptors (Lipinski definition) is 7. The van der Waals surface area contributed by atoms with Crippen molar-refractivity contribution in [1.29, 1.82) is 0 Å². The van der Waals surface area contributed by atoms with Crippen LogP contribution in [0, 0.1) is 10.1 Å². The Morgan fingerprint density at radius 1 is 1.59 bits per heavy atom. The van der Waals surface area contributed by atoms with Gasteiger partial charge >= 0.3 is 5.69 Å². The van der Waals surface area contributed by atoms with E-state index in [0.29, 0.717) is 37.6 Å². The fraction of sp³-hybridized carbons (Fsp3) is 0.538. The van der Waals surface area contributed by atoms with E-state index in [0.717, 1.165) is 5.01 Å². The summed E-state index contributed by atoms with van der Waals surface area (Å²) in [5.74, 6) is 0.548. The van der Waals surface area contributed by atoms with E-state index in [9.17, 15) is 10.1 Å². The van der Waals surface area contributed by atoms with Crippen LogP contribution in [0.4, 0.5) is 11.5 Å². The van der Waals surface area contributed by atoms with Gasteiger partial charge < -0.3 is 9.64 Å². The van der Waals surface area contributed by atoms with Crippen LogP contribution in [0.2, 0.25) is 0 Å². The van der Waals surface area contributed by atoms with Gasteiger partial charge in [-0.25, -0.2) is 9.67 Å². The van der Waals surface area contributed by atoms with Gasteiger partial charge in [0.05, 0.1) is 18.1 Å². The van der Waals surface area contributed by atoms with Crippen LogP contribution in [0.25, 0.3) is 0 Å². The van der Waals surface area contributed by atoms with Crippen molar-refractivity contribution in [3.05, 3.63) is 32.4 Å². The molecule has 1 aliphatic heterocycles. The lowest BCUT2D eigenvalue weighted by molar-refractivity contribution is -0.384. The average molecular weight is 323 g/mol. The van der Waals surface area contributed by atoms with E-state index in [1.807, 2.05) is 17.2 Å². The first-order chi connectivity index (χ1) is 10.6. The molecule has 1 aliphatic rings. The molecule has 0 aliphatic carbocycles. The lowest BCUT2D eigenvalue weighted by Gasteiger charge is -2.32. The molecule has 0 N–H and O–H groups in total. The molecule has 0 amide bonds. The molecule has 3 heterocycles. The summed E-state index contributed by atoms with van der Waals surface area (Å²) in [6, 6.07) is 0. The van der Waals surface area contributed by atoms with Crippen LogP contribution >= 0.6 is 11.3 Å². The van der Waals surface area contributed by atoms with E-state index >= 15 is 0 Å². The van der Waals surface area contributed by atoms with Crippen LogP contribution in [0.15, 0.2) is 11.6 Å². The first kappa shape index (κ1) is 14.9. The maximum Gasteiger partial charge on any atom is 0.334 e. The molecular weight excluding hydrogens is 306 g/mol. The van der Waals surface area contributed by atoms with Crippen molar-refractivity contribution in [2.24, 2.45) is 7.05 Å². The zero-order valence-corrected chi connectivity index (χ0v) is 13.2. The molecule has 2 aromatic rings. The van der Waals surface area contributed by atoms with Crippen molar-refractivity contribution in [3.63, 3.8) is 0 Å². The average Bonchev–Trinajstić information content (AvgIpc) is 3.14. The summed E-state index contributed by atoms with van der Waals surface area (Å²) in [6.07, 6.45) is 2.11. The monoisotopic (exact) mass is 323 g/mol. The lowest BCUT2D eigenvalue weighted by Crippen LogP contribution is -2.39. The highest BCUT2D eigenvalue weighted by molar-refractivity contribution is 7.09. The summed E-state index contributed by atoms with van der Waals surface area (Å²) < 4.78 is 7.35. The Kier molecular flexibility index (Phi) is 4.08. The highest BCUT2D eigenvalue weighted by Crippen LogP contribution is 2.35. The summed E-state index contributed by atoms with van der Waals surface area (Å²) in [5, 5.41) is 18.5. The number of hydrogen-bond donors (Lipinski definition) is 0. The maximum absolute atomic E-state index is 11.5. The van der Waals surface area contributed by atoms with Crippen molar-refractivity contribution in [1.82, 2.24) is 14.8 Å². The van der Waals surface area contributed by atoms with Crippen LogP contribution < -0.4 is 4.90 Å². The predicted molar refractivity (Wildman–Crippen MR) is 82.3 cm³/mol. The SMILES string of the molecule is CCc1nn(C)c(N2CCOC(c3nccs3)C2)c1[N+](=O)[O-]. The number of thiazole rings is 1. The number of nitro groups is 1. The molecule has 8 nitrogen and oxygen atoms in total. The topological polar surface area (TPSA) is 86.3 Å². The maximum atomic E-state index is 11.5. The van der Waals surface area contributed by atoms with Crippen LogP contribution in [0.1, 0.15) is 23.7 Å². The molecule has 0 aromatic carbocycles. The molecule has 3 rings (SSSR count). The van der Waals surface area contributed by atoms with E-state index in [-0.39, 0.29) is 16.7 Å². The largest absolute Gasteiger partial charge is 0.367 e. The van der Waals surface area contributed by atoms with Gasteiger partial charge in [0, 0.05) is 25.2 Å². The van der Waals surface area contributed by atoms with E-state index in [1.54, 1.807) is 17.9 Å². The Morgan fingerprint density at radius 3 is 3.05 bits per heavy atom. The van der Waals surface area contributed by atoms with Crippen LogP contribution in [0.3, 0.4) is 0 Å². The molecule has 0 saturated carbocycles. The van der Waals surface area contributed by atoms with Crippen molar-refractivity contribution < 1.29 is 9.66 Å². The number of aromatic nitrogens is 3. The summed E-state index contributed by atoms with van der Waals surface area (Å²) in [5.41, 5.74) is 0.615. The number of nitrogens with zero attached hydrogens (tertiary/aromatic N) is 5. The molecule has 22 heavy (non-hydrogen) atoms. The Morgan fingerprint density at radius 2 is 2.41 bits per heavy atom. The molecule has 1 saturated heterocycles. The van der Waals surface area contributed by atoms with Gasteiger partial charge in [-0.3, -0.25) is 10.1 Å². The smallest absolute Gasteiger partial charge is 0.334 e. The van der Waals surface area contributed by atoms with Crippen molar-refractivity contribution in [3.8, 4) is 0 Å². The van der Waals surface area contributed by atoms with Gasteiger partial charge in [-0.2, -0.15) is 5.10 Å². The van der Waals surface area contributed by atoms with E-state index in [1.165, 1.54) is 11.3 Å². The normalized spacial score (nSPS) is 18.6. The summed E-state index contributed by atoms with van der Waals surface area (Å²) in [4.78, 5) is 17.4. The van der Waals surface area contributed by atoms with Gasteiger partial charge in [-0.05, 0) is 6.42 Å². The molecule has 1 unspecified atom stereocenters. The van der Waals surface area contributed by atoms with Gasteiger partial charge in [-0.15, -0.1) is 11.3 Å². The minimum atomic E-state index is -0.338. The van der Waals surface area contributed by atoms with Gasteiger partial charge in [0.25, 0.3) is 0 Å². The zero-order valence-electron chi connectivity index (χ0n) is 12.4. The summed E-state index contributed by atoms with van der Waals surface area (Å²) >= 11 is 1.53. The fourth-order valence-corrected chi connectivity index (χ4v) is 3.40. The van der Waals surface area contributed by atoms with Gasteiger partial charge in [0.1, 0.15) is 16.8 Å². The molecule has 2 aromatic heterocycles. The number of ether oxygens (including phenoxy) is 1. The highest BCUT2D eigenvalue weighted by Gasteiger charge is 2.33. The van der Waals surface area contributed by atoms with E-state index in [4.69, 9.17) is 4.74 Å². The number of anilines is 1. The number of aryl methyl sites for hydroxylation is 2. The summed E-state index contributed by atoms with van der Waals surface area (Å²) in [7, 11) is 1.75. The Bertz CT molecular complexity index is 670. The van der Waals surface area contributed by atoms with E-state index < -0.39 is 0 Å². The first-order valence-corrected chi connectivity index (χ1v) is 7.96. The van der Waals surface area contributed by atoms with Crippen molar-refractivity contribution in [2.45, 2.75) is 19.4 Å². The molecule has 0 radical (unpaired) electrons. The summed E-state index contributed by atoms with van der Waals surface area (Å²) in [6.45, 7) is 3.52. The minimum Gasteiger partial charge on any atom is -0.367 e. The second-order valence-electron chi connectivity index (χ2n) is 5.03. The third kappa shape index (κ3) is 2.57. The molecule has 9 heteroatoms. The second-order valence-corrected chi connectivity index (χ2v) is 5.96. The quantitative estimate of drug-likeness (QED) is 0.631. The second kappa shape index (κ2) is 6.01. The van der Waals surface area contributed by atoms with Crippen LogP contribution in [-0.2, 0) is 18.2 Å². The molecule has 1 fully saturated rings. The third-order valence-electron chi connectivity index (χ3n) is 3.67. The molecule has 118 valence electrons. The van der Waals surface area contributed by atoms with Crippen molar-refractivity contribution >= 4 is 22.8 Å². The minimum absolute atomic E-state index is 0.102. The Balaban J connectivity index is 1.93. The standard InChI is InChI=1S/C13H17N5O3S/c1-3-9-11(18(19)20)13(16(2)15-9)17-5-6-21-10(8-17)12-14-4-7-22-12/h4,7,10H,3,5-6,8H2,1-2H3. The number of rotatable bonds is 4. The predicted octanol–water partition coefficient (Wildman–Crippen LogP) is 1.93. The molecule has 0 bridgehead atoms. The van der Waals surface area contributed by atoms with E-state index in [2.05, 4.69) is 10.1 Å². The fourth-order valence-electron chi connectivity index (χ4n) is 2.72. The Hall–Kier alpha value is -2.00. The van der Waals surface area contributed by atoms with Crippen LogP contribution in [-0.4, -0.2) is 39.4 Å². The molecule has 1 atom stereocenters. The zero-order chi connectivity index (χ0) is 15.7. The first-order valence-electron chi connectivity index (χ1n) is 7.08. The molecular formula is C13H17N5O3S. The van der Waals surface area contributed by atoms with Gasteiger partial charge in [0.2, 0.25) is 5.82 Å². The Labute approximate surface area is 131 Å². The number of morpholine rings is 1. The van der Waals surface area contributed by atoms with Gasteiger partial charge in [0.15, 0.2) is 0 Å². The third-order valence-corrected chi connectivity index (χ3v) is 4.54. The van der Waals surface area contributed by atoms with Crippen LogP contribution in [0.5, 0.6) is 0 Å². The van der Waals surface area contributed by atoms with Gasteiger partial charge in [-0.1, -0.05) is 6.92 Å². The molecule has 0 spiro atoms. The lowest BCUT2D eigenvalue weighted by atomic mass is 10.2.